The van der Waals surface area contributed by atoms with Gasteiger partial charge < -0.3 is 11.1 Å². The Morgan fingerprint density at radius 2 is 2.07 bits per heavy atom. The van der Waals surface area contributed by atoms with E-state index >= 15 is 0 Å². The van der Waals surface area contributed by atoms with Gasteiger partial charge in [-0.05, 0) is 30.7 Å². The van der Waals surface area contributed by atoms with Crippen LogP contribution in [0.25, 0.3) is 27.4 Å². The van der Waals surface area contributed by atoms with Crippen molar-refractivity contribution < 1.29 is 9.18 Å². The predicted octanol–water partition coefficient (Wildman–Crippen LogP) is 3.95. The minimum Gasteiger partial charge on any atom is -0.377 e. The molecule has 0 saturated heterocycles. The topological polar surface area (TPSA) is 85.3 Å². The highest BCUT2D eigenvalue weighted by molar-refractivity contribution is 6.03. The molecule has 29 heavy (non-hydrogen) atoms. The van der Waals surface area contributed by atoms with Crippen molar-refractivity contribution in [2.24, 2.45) is 5.73 Å². The molecule has 0 unspecified atom stereocenters. The smallest absolute Gasteiger partial charge is 0.252 e. The van der Waals surface area contributed by atoms with Crippen molar-refractivity contribution >= 4 is 27.9 Å². The number of alkyl halides is 1. The average molecular weight is 389 g/mol. The number of nitrogens with two attached hydrogens (primary N) is 1. The Hall–Kier alpha value is -3.48. The lowest BCUT2D eigenvalue weighted by atomic mass is 10.0. The number of hydrogen-bond acceptors (Lipinski definition) is 4. The normalized spacial score (nSPS) is 19.1. The Bertz CT molecular complexity index is 1230. The van der Waals surface area contributed by atoms with Crippen LogP contribution in [0.4, 0.5) is 10.1 Å². The first kappa shape index (κ1) is 17.6. The zero-order valence-electron chi connectivity index (χ0n) is 15.7. The molecule has 1 aliphatic carbocycles. The molecule has 0 aliphatic heterocycles. The maximum Gasteiger partial charge on any atom is 0.252 e. The number of anilines is 1. The van der Waals surface area contributed by atoms with Gasteiger partial charge in [0.2, 0.25) is 0 Å². The minimum atomic E-state index is -0.944. The van der Waals surface area contributed by atoms with E-state index in [0.29, 0.717) is 24.0 Å². The highest BCUT2D eigenvalue weighted by Gasteiger charge is 2.29. The number of benzene rings is 1. The summed E-state index contributed by atoms with van der Waals surface area (Å²) in [5.74, 6) is -0.592. The number of hydrogen-bond donors (Lipinski definition) is 2. The molecule has 0 radical (unpaired) electrons. The van der Waals surface area contributed by atoms with E-state index in [1.54, 1.807) is 4.52 Å². The molecule has 7 heteroatoms. The van der Waals surface area contributed by atoms with E-state index in [4.69, 9.17) is 5.73 Å². The molecule has 1 aliphatic rings. The molecule has 1 fully saturated rings. The minimum absolute atomic E-state index is 0.261. The number of pyridine rings is 1. The number of nitrogens with one attached hydrogen (secondary N) is 1. The van der Waals surface area contributed by atoms with Gasteiger partial charge in [0, 0.05) is 35.1 Å². The molecule has 6 nitrogen and oxygen atoms in total. The fraction of sp³-hybridized carbons (Fsp3) is 0.227. The van der Waals surface area contributed by atoms with Crippen LogP contribution in [0.3, 0.4) is 0 Å². The summed E-state index contributed by atoms with van der Waals surface area (Å²) < 4.78 is 15.9. The molecule has 146 valence electrons. The molecular formula is C22H20FN5O. The summed E-state index contributed by atoms with van der Waals surface area (Å²) in [6.45, 7) is 0. The number of amides is 1. The summed E-state index contributed by atoms with van der Waals surface area (Å²) in [5, 5.41) is 9.69. The molecule has 0 bridgehead atoms. The van der Waals surface area contributed by atoms with Crippen LogP contribution in [0.5, 0.6) is 0 Å². The first-order valence-corrected chi connectivity index (χ1v) is 9.67. The molecule has 3 aromatic heterocycles. The van der Waals surface area contributed by atoms with Crippen molar-refractivity contribution in [2.45, 2.75) is 31.5 Å². The van der Waals surface area contributed by atoms with Crippen LogP contribution in [0.1, 0.15) is 29.6 Å². The zero-order chi connectivity index (χ0) is 20.0. The maximum atomic E-state index is 14.2. The van der Waals surface area contributed by atoms with Crippen LogP contribution in [0.2, 0.25) is 0 Å². The van der Waals surface area contributed by atoms with Gasteiger partial charge in [0.05, 0.1) is 29.0 Å². The SMILES string of the molecule is NC(=O)c1cnn2cc(-c3cncc4ccccc34)cc2c1N[C@@H]1CCC[C@@H]1F. The van der Waals surface area contributed by atoms with E-state index in [2.05, 4.69) is 15.4 Å². The fourth-order valence-corrected chi connectivity index (χ4v) is 4.15. The number of rotatable bonds is 4. The summed E-state index contributed by atoms with van der Waals surface area (Å²) in [7, 11) is 0. The van der Waals surface area contributed by atoms with Crippen molar-refractivity contribution in [2.75, 3.05) is 5.32 Å². The van der Waals surface area contributed by atoms with E-state index in [-0.39, 0.29) is 11.6 Å². The van der Waals surface area contributed by atoms with E-state index in [1.807, 2.05) is 48.9 Å². The number of carbonyl (C=O) groups excluding carboxylic acids is 1. The average Bonchev–Trinajstić information content (AvgIpc) is 3.34. The summed E-state index contributed by atoms with van der Waals surface area (Å²) in [6, 6.07) is 9.62. The molecule has 5 rings (SSSR count). The van der Waals surface area contributed by atoms with E-state index in [9.17, 15) is 9.18 Å². The van der Waals surface area contributed by atoms with Crippen molar-refractivity contribution in [3.63, 3.8) is 0 Å². The van der Waals surface area contributed by atoms with Crippen LogP contribution in [0, 0.1) is 0 Å². The van der Waals surface area contributed by atoms with Crippen LogP contribution in [-0.2, 0) is 0 Å². The second-order valence-corrected chi connectivity index (χ2v) is 7.46. The van der Waals surface area contributed by atoms with Gasteiger partial charge in [-0.25, -0.2) is 8.91 Å². The Morgan fingerprint density at radius 3 is 2.86 bits per heavy atom. The molecule has 1 aromatic carbocycles. The first-order valence-electron chi connectivity index (χ1n) is 9.67. The number of halogens is 1. The van der Waals surface area contributed by atoms with E-state index in [0.717, 1.165) is 28.3 Å². The monoisotopic (exact) mass is 389 g/mol. The van der Waals surface area contributed by atoms with Crippen LogP contribution >= 0.6 is 0 Å². The Kier molecular flexibility index (Phi) is 4.16. The van der Waals surface area contributed by atoms with Crippen molar-refractivity contribution in [3.05, 3.63) is 60.7 Å². The van der Waals surface area contributed by atoms with Gasteiger partial charge in [-0.1, -0.05) is 24.3 Å². The molecule has 3 N–H and O–H groups in total. The quantitative estimate of drug-likeness (QED) is 0.553. The van der Waals surface area contributed by atoms with Crippen molar-refractivity contribution in [1.29, 1.82) is 0 Å². The number of nitrogens with zero attached hydrogens (tertiary/aromatic N) is 3. The van der Waals surface area contributed by atoms with Crippen molar-refractivity contribution in [3.8, 4) is 11.1 Å². The third kappa shape index (κ3) is 2.99. The Balaban J connectivity index is 1.68. The molecule has 1 amide bonds. The lowest BCUT2D eigenvalue weighted by Gasteiger charge is -2.19. The second-order valence-electron chi connectivity index (χ2n) is 7.46. The molecular weight excluding hydrogens is 369 g/mol. The van der Waals surface area contributed by atoms with Gasteiger partial charge in [-0.15, -0.1) is 0 Å². The maximum absolute atomic E-state index is 14.2. The Morgan fingerprint density at radius 1 is 1.21 bits per heavy atom. The van der Waals surface area contributed by atoms with Crippen LogP contribution < -0.4 is 11.1 Å². The fourth-order valence-electron chi connectivity index (χ4n) is 4.15. The van der Waals surface area contributed by atoms with Crippen molar-refractivity contribution in [1.82, 2.24) is 14.6 Å². The number of primary amides is 1. The summed E-state index contributed by atoms with van der Waals surface area (Å²) >= 11 is 0. The second kappa shape index (κ2) is 6.84. The standard InChI is InChI=1S/C22H20FN5O/c23-18-6-3-7-19(18)27-21-17(22(24)29)11-26-28-12-14(8-20(21)28)16-10-25-9-13-4-1-2-5-15(13)16/h1-2,4-5,8-12,18-19,27H,3,6-7H2,(H2,24,29)/t18-,19+/m0/s1. The number of fused-ring (bicyclic) bond motifs is 2. The first-order chi connectivity index (χ1) is 14.1. The van der Waals surface area contributed by atoms with Gasteiger partial charge in [0.15, 0.2) is 0 Å². The summed E-state index contributed by atoms with van der Waals surface area (Å²) in [4.78, 5) is 16.4. The molecule has 3 heterocycles. The zero-order valence-corrected chi connectivity index (χ0v) is 15.7. The highest BCUT2D eigenvalue weighted by Crippen LogP contribution is 2.34. The molecule has 2 atom stereocenters. The largest absolute Gasteiger partial charge is 0.377 e. The lowest BCUT2D eigenvalue weighted by molar-refractivity contribution is 0.100. The summed E-state index contributed by atoms with van der Waals surface area (Å²) in [6.07, 6.45) is 8.08. The lowest BCUT2D eigenvalue weighted by Crippen LogP contribution is -2.27. The Labute approximate surface area is 166 Å². The van der Waals surface area contributed by atoms with Gasteiger partial charge >= 0.3 is 0 Å². The highest BCUT2D eigenvalue weighted by atomic mass is 19.1. The van der Waals surface area contributed by atoms with Crippen LogP contribution in [-0.4, -0.2) is 32.7 Å². The third-order valence-corrected chi connectivity index (χ3v) is 5.64. The molecule has 1 saturated carbocycles. The number of aromatic nitrogens is 3. The van der Waals surface area contributed by atoms with E-state index in [1.165, 1.54) is 6.20 Å². The van der Waals surface area contributed by atoms with Gasteiger partial charge in [0.1, 0.15) is 6.17 Å². The molecule has 4 aromatic rings. The van der Waals surface area contributed by atoms with Gasteiger partial charge in [0.25, 0.3) is 5.91 Å². The number of carbonyl (C=O) groups is 1. The molecule has 0 spiro atoms. The van der Waals surface area contributed by atoms with E-state index < -0.39 is 12.1 Å². The summed E-state index contributed by atoms with van der Waals surface area (Å²) in [5.41, 5.74) is 8.92. The predicted molar refractivity (Wildman–Crippen MR) is 111 cm³/mol. The van der Waals surface area contributed by atoms with Gasteiger partial charge in [-0.2, -0.15) is 5.10 Å². The third-order valence-electron chi connectivity index (χ3n) is 5.64. The van der Waals surface area contributed by atoms with Gasteiger partial charge in [-0.3, -0.25) is 9.78 Å². The van der Waals surface area contributed by atoms with Crippen LogP contribution in [0.15, 0.2) is 55.1 Å².